The van der Waals surface area contributed by atoms with Crippen LogP contribution in [0.15, 0.2) is 24.4 Å². The summed E-state index contributed by atoms with van der Waals surface area (Å²) in [5, 5.41) is 4.26. The molecule has 2 amide bonds. The molecule has 1 unspecified atom stereocenters. The van der Waals surface area contributed by atoms with E-state index < -0.39 is 0 Å². The maximum atomic E-state index is 12.7. The van der Waals surface area contributed by atoms with Crippen LogP contribution in [0.4, 0.5) is 10.5 Å². The number of carbonyl (C=O) groups excluding carboxylic acids is 1. The molecule has 6 nitrogen and oxygen atoms in total. The molecule has 2 saturated heterocycles. The highest BCUT2D eigenvalue weighted by Gasteiger charge is 2.28. The Morgan fingerprint density at radius 2 is 2.16 bits per heavy atom. The summed E-state index contributed by atoms with van der Waals surface area (Å²) in [6.07, 6.45) is 3.01. The molecule has 2 aliphatic rings. The van der Waals surface area contributed by atoms with Crippen LogP contribution < -0.4 is 5.32 Å². The van der Waals surface area contributed by atoms with Gasteiger partial charge in [0.25, 0.3) is 0 Å². The first-order valence-corrected chi connectivity index (χ1v) is 9.13. The van der Waals surface area contributed by atoms with E-state index in [1.807, 2.05) is 30.2 Å². The summed E-state index contributed by atoms with van der Waals surface area (Å²) in [6, 6.07) is 6.18. The van der Waals surface area contributed by atoms with Gasteiger partial charge in [0.2, 0.25) is 0 Å². The fourth-order valence-electron chi connectivity index (χ4n) is 3.86. The smallest absolute Gasteiger partial charge is 0.321 e. The molecule has 2 aromatic rings. The van der Waals surface area contributed by atoms with E-state index in [1.165, 1.54) is 5.39 Å². The van der Waals surface area contributed by atoms with Gasteiger partial charge in [-0.3, -0.25) is 4.90 Å². The highest BCUT2D eigenvalue weighted by atomic mass is 16.5. The predicted octanol–water partition coefficient (Wildman–Crippen LogP) is 2.66. The number of nitrogens with zero attached hydrogens (tertiary/aromatic N) is 2. The van der Waals surface area contributed by atoms with Gasteiger partial charge >= 0.3 is 6.03 Å². The molecule has 2 N–H and O–H groups in total. The van der Waals surface area contributed by atoms with Crippen LogP contribution in [0.2, 0.25) is 0 Å². The SMILES string of the molecule is Cc1cc2cc[nH]c2cc1NC(=O)N1CCC(CN2CCOCC2)C1. The van der Waals surface area contributed by atoms with E-state index >= 15 is 0 Å². The van der Waals surface area contributed by atoms with Crippen molar-refractivity contribution in [1.29, 1.82) is 0 Å². The van der Waals surface area contributed by atoms with Crippen molar-refractivity contribution in [3.05, 3.63) is 30.0 Å². The molecule has 2 aliphatic heterocycles. The van der Waals surface area contributed by atoms with Crippen LogP contribution in [0, 0.1) is 12.8 Å². The molecule has 1 atom stereocenters. The Kier molecular flexibility index (Phi) is 4.63. The Morgan fingerprint density at radius 3 is 3.00 bits per heavy atom. The molecule has 4 rings (SSSR count). The molecule has 2 fully saturated rings. The van der Waals surface area contributed by atoms with Crippen LogP contribution in [0.25, 0.3) is 10.9 Å². The fourth-order valence-corrected chi connectivity index (χ4v) is 3.86. The first-order chi connectivity index (χ1) is 12.2. The third kappa shape index (κ3) is 3.65. The molecule has 0 bridgehead atoms. The second-order valence-electron chi connectivity index (χ2n) is 7.18. The average Bonchev–Trinajstić information content (AvgIpc) is 3.25. The summed E-state index contributed by atoms with van der Waals surface area (Å²) in [5.74, 6) is 0.566. The fraction of sp³-hybridized carbons (Fsp3) is 0.526. The maximum Gasteiger partial charge on any atom is 0.321 e. The van der Waals surface area contributed by atoms with Gasteiger partial charge in [-0.25, -0.2) is 4.79 Å². The van der Waals surface area contributed by atoms with Crippen LogP contribution in [-0.4, -0.2) is 66.8 Å². The Labute approximate surface area is 148 Å². The lowest BCUT2D eigenvalue weighted by Gasteiger charge is -2.29. The topological polar surface area (TPSA) is 60.6 Å². The normalized spacial score (nSPS) is 21.8. The second-order valence-corrected chi connectivity index (χ2v) is 7.18. The van der Waals surface area contributed by atoms with Gasteiger partial charge in [-0.1, -0.05) is 0 Å². The number of likely N-dealkylation sites (tertiary alicyclic amines) is 1. The number of aromatic amines is 1. The van der Waals surface area contributed by atoms with Gasteiger partial charge in [-0.15, -0.1) is 0 Å². The number of aryl methyl sites for hydroxylation is 1. The number of amides is 2. The van der Waals surface area contributed by atoms with Gasteiger partial charge in [0, 0.05) is 50.1 Å². The Bertz CT molecular complexity index is 751. The lowest BCUT2D eigenvalue weighted by atomic mass is 10.1. The van der Waals surface area contributed by atoms with Crippen LogP contribution in [0.1, 0.15) is 12.0 Å². The third-order valence-electron chi connectivity index (χ3n) is 5.33. The Hall–Kier alpha value is -2.05. The molecule has 0 saturated carbocycles. The summed E-state index contributed by atoms with van der Waals surface area (Å²) in [5.41, 5.74) is 3.02. The summed E-state index contributed by atoms with van der Waals surface area (Å²) < 4.78 is 5.41. The van der Waals surface area contributed by atoms with E-state index in [0.29, 0.717) is 5.92 Å². The number of benzene rings is 1. The van der Waals surface area contributed by atoms with Gasteiger partial charge in [-0.05, 0) is 48.4 Å². The zero-order valence-corrected chi connectivity index (χ0v) is 14.8. The standard InChI is InChI=1S/C19H26N4O2/c1-14-10-16-2-4-20-18(16)11-17(14)21-19(24)23-5-3-15(13-23)12-22-6-8-25-9-7-22/h2,4,10-11,15,20H,3,5-9,12-13H2,1H3,(H,21,24). The summed E-state index contributed by atoms with van der Waals surface area (Å²) in [4.78, 5) is 20.3. The first kappa shape index (κ1) is 16.4. The van der Waals surface area contributed by atoms with Crippen LogP contribution >= 0.6 is 0 Å². The number of carbonyl (C=O) groups is 1. The predicted molar refractivity (Wildman–Crippen MR) is 99.0 cm³/mol. The van der Waals surface area contributed by atoms with Crippen molar-refractivity contribution >= 4 is 22.6 Å². The monoisotopic (exact) mass is 342 g/mol. The highest BCUT2D eigenvalue weighted by Crippen LogP contribution is 2.24. The summed E-state index contributed by atoms with van der Waals surface area (Å²) in [6.45, 7) is 8.47. The Morgan fingerprint density at radius 1 is 1.32 bits per heavy atom. The lowest BCUT2D eigenvalue weighted by molar-refractivity contribution is 0.0314. The van der Waals surface area contributed by atoms with Crippen LogP contribution in [0.5, 0.6) is 0 Å². The van der Waals surface area contributed by atoms with Gasteiger partial charge < -0.3 is 19.9 Å². The van der Waals surface area contributed by atoms with E-state index in [4.69, 9.17) is 4.74 Å². The number of ether oxygens (including phenoxy) is 1. The maximum absolute atomic E-state index is 12.7. The third-order valence-corrected chi connectivity index (χ3v) is 5.33. The minimum Gasteiger partial charge on any atom is -0.379 e. The molecule has 134 valence electrons. The zero-order chi connectivity index (χ0) is 17.2. The van der Waals surface area contributed by atoms with Crippen molar-refractivity contribution in [2.75, 3.05) is 51.3 Å². The number of nitrogens with one attached hydrogen (secondary N) is 2. The number of fused-ring (bicyclic) bond motifs is 1. The first-order valence-electron chi connectivity index (χ1n) is 9.13. The molecule has 3 heterocycles. The molecular weight excluding hydrogens is 316 g/mol. The number of anilines is 1. The van der Waals surface area contributed by atoms with Gasteiger partial charge in [0.1, 0.15) is 0 Å². The van der Waals surface area contributed by atoms with Crippen molar-refractivity contribution in [1.82, 2.24) is 14.8 Å². The van der Waals surface area contributed by atoms with E-state index in [9.17, 15) is 4.79 Å². The minimum absolute atomic E-state index is 0.0125. The van der Waals surface area contributed by atoms with Crippen molar-refractivity contribution in [2.45, 2.75) is 13.3 Å². The molecule has 0 spiro atoms. The molecule has 0 radical (unpaired) electrons. The van der Waals surface area contributed by atoms with E-state index in [0.717, 1.165) is 69.1 Å². The Balaban J connectivity index is 1.35. The quantitative estimate of drug-likeness (QED) is 0.901. The number of rotatable bonds is 3. The van der Waals surface area contributed by atoms with E-state index in [2.05, 4.69) is 21.3 Å². The van der Waals surface area contributed by atoms with Crippen LogP contribution in [-0.2, 0) is 4.74 Å². The van der Waals surface area contributed by atoms with E-state index in [-0.39, 0.29) is 6.03 Å². The van der Waals surface area contributed by atoms with Gasteiger partial charge in [0.05, 0.1) is 13.2 Å². The molecule has 1 aromatic heterocycles. The van der Waals surface area contributed by atoms with E-state index in [1.54, 1.807) is 0 Å². The number of hydrogen-bond acceptors (Lipinski definition) is 3. The zero-order valence-electron chi connectivity index (χ0n) is 14.8. The number of aromatic nitrogens is 1. The minimum atomic E-state index is 0.0125. The summed E-state index contributed by atoms with van der Waals surface area (Å²) >= 11 is 0. The van der Waals surface area contributed by atoms with Crippen LogP contribution in [0.3, 0.4) is 0 Å². The second kappa shape index (κ2) is 7.06. The number of hydrogen-bond donors (Lipinski definition) is 2. The molecule has 25 heavy (non-hydrogen) atoms. The number of H-pyrrole nitrogens is 1. The molecule has 1 aromatic carbocycles. The highest BCUT2D eigenvalue weighted by molar-refractivity contribution is 5.94. The number of morpholine rings is 1. The van der Waals surface area contributed by atoms with Crippen molar-refractivity contribution in [3.63, 3.8) is 0 Å². The molecule has 6 heteroatoms. The lowest BCUT2D eigenvalue weighted by Crippen LogP contribution is -2.40. The number of urea groups is 1. The molecule has 0 aliphatic carbocycles. The largest absolute Gasteiger partial charge is 0.379 e. The van der Waals surface area contributed by atoms with Gasteiger partial charge in [0.15, 0.2) is 0 Å². The summed E-state index contributed by atoms with van der Waals surface area (Å²) in [7, 11) is 0. The molecular formula is C19H26N4O2. The average molecular weight is 342 g/mol. The van der Waals surface area contributed by atoms with Crippen molar-refractivity contribution < 1.29 is 9.53 Å². The van der Waals surface area contributed by atoms with Crippen molar-refractivity contribution in [2.24, 2.45) is 5.92 Å². The van der Waals surface area contributed by atoms with Crippen molar-refractivity contribution in [3.8, 4) is 0 Å². The van der Waals surface area contributed by atoms with Gasteiger partial charge in [-0.2, -0.15) is 0 Å².